The molecule has 172 valence electrons. The summed E-state index contributed by atoms with van der Waals surface area (Å²) >= 11 is 0. The van der Waals surface area contributed by atoms with Crippen LogP contribution in [0.2, 0.25) is 0 Å². The molecule has 3 heterocycles. The van der Waals surface area contributed by atoms with E-state index in [1.54, 1.807) is 0 Å². The number of benzene rings is 1. The zero-order chi connectivity index (χ0) is 22.7. The van der Waals surface area contributed by atoms with Gasteiger partial charge >= 0.3 is 0 Å². The number of carbonyl (C=O) groups is 1. The molecule has 1 aromatic carbocycles. The van der Waals surface area contributed by atoms with Crippen molar-refractivity contribution in [1.29, 1.82) is 0 Å². The van der Waals surface area contributed by atoms with E-state index in [9.17, 15) is 23.3 Å². The Balaban J connectivity index is 1.48. The highest BCUT2D eigenvalue weighted by Gasteiger charge is 2.32. The highest BCUT2D eigenvalue weighted by molar-refractivity contribution is 7.89. The molecule has 0 aliphatic carbocycles. The Labute approximate surface area is 184 Å². The number of rotatable bonds is 6. The van der Waals surface area contributed by atoms with E-state index in [0.29, 0.717) is 44.8 Å². The summed E-state index contributed by atoms with van der Waals surface area (Å²) in [7, 11) is -3.85. The number of aromatic nitrogens is 3. The second kappa shape index (κ2) is 9.18. The Morgan fingerprint density at radius 3 is 2.56 bits per heavy atom. The van der Waals surface area contributed by atoms with Gasteiger partial charge in [0.15, 0.2) is 0 Å². The fourth-order valence-corrected chi connectivity index (χ4v) is 5.31. The van der Waals surface area contributed by atoms with Gasteiger partial charge in [-0.3, -0.25) is 20.2 Å². The lowest BCUT2D eigenvalue weighted by molar-refractivity contribution is -0.384. The fraction of sp³-hybridized carbons (Fsp3) is 0.500. The van der Waals surface area contributed by atoms with Crippen molar-refractivity contribution in [3.63, 3.8) is 0 Å². The van der Waals surface area contributed by atoms with Gasteiger partial charge in [0.25, 0.3) is 5.69 Å². The van der Waals surface area contributed by atoms with Gasteiger partial charge in [0.05, 0.1) is 23.0 Å². The van der Waals surface area contributed by atoms with Gasteiger partial charge in [-0.15, -0.1) is 0 Å². The van der Waals surface area contributed by atoms with Crippen LogP contribution in [0.15, 0.2) is 29.4 Å². The number of nitrogens with zero attached hydrogens (tertiary/aromatic N) is 5. The third kappa shape index (κ3) is 4.56. The Morgan fingerprint density at radius 1 is 1.22 bits per heavy atom. The first-order valence-electron chi connectivity index (χ1n) is 10.1. The van der Waals surface area contributed by atoms with Crippen molar-refractivity contribution in [2.24, 2.45) is 5.92 Å². The molecule has 1 amide bonds. The number of nitrogens with one attached hydrogen (secondary N) is 2. The summed E-state index contributed by atoms with van der Waals surface area (Å²) < 4.78 is 32.2. The number of amides is 1. The molecule has 4 rings (SSSR count). The van der Waals surface area contributed by atoms with E-state index < -0.39 is 14.9 Å². The molecule has 2 N–H and O–H groups in total. The zero-order valence-corrected chi connectivity index (χ0v) is 18.0. The Morgan fingerprint density at radius 2 is 1.94 bits per heavy atom. The quantitative estimate of drug-likeness (QED) is 0.459. The summed E-state index contributed by atoms with van der Waals surface area (Å²) in [5.41, 5.74) is 0.0638. The van der Waals surface area contributed by atoms with E-state index in [2.05, 4.69) is 20.5 Å². The molecular formula is C18H23N7O6S. The smallest absolute Gasteiger partial charge is 0.293 e. The number of anilines is 2. The van der Waals surface area contributed by atoms with E-state index in [4.69, 9.17) is 4.74 Å². The molecule has 2 fully saturated rings. The normalized spacial score (nSPS) is 18.4. The number of piperidine rings is 1. The number of hydrogen-bond acceptors (Lipinski definition) is 9. The van der Waals surface area contributed by atoms with Crippen LogP contribution in [0.1, 0.15) is 12.8 Å². The van der Waals surface area contributed by atoms with Crippen molar-refractivity contribution in [3.05, 3.63) is 34.6 Å². The van der Waals surface area contributed by atoms with Crippen molar-refractivity contribution in [2.75, 3.05) is 49.6 Å². The molecule has 2 aliphatic heterocycles. The second-order valence-corrected chi connectivity index (χ2v) is 9.45. The highest BCUT2D eigenvalue weighted by atomic mass is 32.2. The van der Waals surface area contributed by atoms with E-state index in [1.165, 1.54) is 22.8 Å². The van der Waals surface area contributed by atoms with Crippen LogP contribution in [-0.4, -0.2) is 78.1 Å². The lowest BCUT2D eigenvalue weighted by atomic mass is 9.95. The van der Waals surface area contributed by atoms with Crippen LogP contribution in [0.5, 0.6) is 0 Å². The Hall–Kier alpha value is -3.10. The largest absolute Gasteiger partial charge is 0.379 e. The summed E-state index contributed by atoms with van der Waals surface area (Å²) in [6, 6.07) is 3.99. The molecule has 0 spiro atoms. The number of aromatic amines is 1. The molecule has 0 bridgehead atoms. The summed E-state index contributed by atoms with van der Waals surface area (Å²) in [5, 5.41) is 20.6. The summed E-state index contributed by atoms with van der Waals surface area (Å²) in [6.07, 6.45) is 2.27. The van der Waals surface area contributed by atoms with Crippen LogP contribution in [0, 0.1) is 16.0 Å². The Kier molecular flexibility index (Phi) is 6.34. The minimum atomic E-state index is -3.85. The maximum absolute atomic E-state index is 12.9. The SMILES string of the molecule is O=C(Nc1ncn[nH]1)C1CCN(c2ccc(S(=O)(=O)N3CCOCC3)cc2[N+](=O)[O-])CC1. The third-order valence-corrected chi connectivity index (χ3v) is 7.51. The maximum atomic E-state index is 12.9. The van der Waals surface area contributed by atoms with Gasteiger partial charge in [-0.05, 0) is 25.0 Å². The van der Waals surface area contributed by atoms with Crippen molar-refractivity contribution in [2.45, 2.75) is 17.7 Å². The van der Waals surface area contributed by atoms with Crippen LogP contribution in [0.3, 0.4) is 0 Å². The van der Waals surface area contributed by atoms with Crippen molar-refractivity contribution >= 4 is 33.3 Å². The van der Waals surface area contributed by atoms with E-state index in [1.807, 2.05) is 4.90 Å². The molecule has 2 aliphatic rings. The molecule has 0 unspecified atom stereocenters. The van der Waals surface area contributed by atoms with Crippen LogP contribution < -0.4 is 10.2 Å². The summed E-state index contributed by atoms with van der Waals surface area (Å²) in [4.78, 5) is 29.1. The van der Waals surface area contributed by atoms with Gasteiger partial charge in [0.1, 0.15) is 12.0 Å². The van der Waals surface area contributed by atoms with E-state index in [0.717, 1.165) is 6.07 Å². The number of ether oxygens (including phenoxy) is 1. The molecule has 0 atom stereocenters. The first kappa shape index (κ1) is 22.1. The van der Waals surface area contributed by atoms with E-state index in [-0.39, 0.29) is 41.4 Å². The van der Waals surface area contributed by atoms with Crippen LogP contribution >= 0.6 is 0 Å². The monoisotopic (exact) mass is 465 g/mol. The van der Waals surface area contributed by atoms with Crippen LogP contribution in [0.4, 0.5) is 17.3 Å². The number of carbonyl (C=O) groups excluding carboxylic acids is 1. The minimum absolute atomic E-state index is 0.115. The molecule has 2 aromatic rings. The topological polar surface area (TPSA) is 164 Å². The molecule has 14 heteroatoms. The van der Waals surface area contributed by atoms with Crippen molar-refractivity contribution in [3.8, 4) is 0 Å². The molecule has 1 aromatic heterocycles. The number of morpholine rings is 1. The molecular weight excluding hydrogens is 442 g/mol. The van der Waals surface area contributed by atoms with Gasteiger partial charge in [-0.1, -0.05) is 0 Å². The third-order valence-electron chi connectivity index (χ3n) is 5.61. The predicted octanol–water partition coefficient (Wildman–Crippen LogP) is 0.589. The second-order valence-electron chi connectivity index (χ2n) is 7.51. The Bertz CT molecular complexity index is 1080. The average Bonchev–Trinajstić information content (AvgIpc) is 3.32. The number of nitro benzene ring substituents is 1. The number of hydrogen-bond donors (Lipinski definition) is 2. The lowest BCUT2D eigenvalue weighted by Crippen LogP contribution is -2.40. The summed E-state index contributed by atoms with van der Waals surface area (Å²) in [5.74, 6) is -0.190. The van der Waals surface area contributed by atoms with Gasteiger partial charge in [0.2, 0.25) is 21.9 Å². The van der Waals surface area contributed by atoms with Gasteiger partial charge in [-0.25, -0.2) is 13.5 Å². The molecule has 13 nitrogen and oxygen atoms in total. The number of H-pyrrole nitrogens is 1. The molecule has 0 radical (unpaired) electrons. The minimum Gasteiger partial charge on any atom is -0.379 e. The van der Waals surface area contributed by atoms with E-state index >= 15 is 0 Å². The standard InChI is InChI=1S/C18H23N7O6S/c26-17(21-18-19-12-20-22-18)13-3-5-23(6-4-13)15-2-1-14(11-16(15)25(27)28)32(29,30)24-7-9-31-10-8-24/h1-2,11-13H,3-10H2,(H2,19,20,21,22,26). The summed E-state index contributed by atoms with van der Waals surface area (Å²) in [6.45, 7) is 1.84. The first-order valence-corrected chi connectivity index (χ1v) is 11.6. The van der Waals surface area contributed by atoms with Crippen LogP contribution in [-0.2, 0) is 19.6 Å². The number of nitro groups is 1. The molecule has 32 heavy (non-hydrogen) atoms. The maximum Gasteiger partial charge on any atom is 0.293 e. The number of sulfonamides is 1. The zero-order valence-electron chi connectivity index (χ0n) is 17.1. The van der Waals surface area contributed by atoms with Crippen LogP contribution in [0.25, 0.3) is 0 Å². The lowest BCUT2D eigenvalue weighted by Gasteiger charge is -2.32. The first-order chi connectivity index (χ1) is 15.4. The fourth-order valence-electron chi connectivity index (χ4n) is 3.88. The van der Waals surface area contributed by atoms with Crippen molar-refractivity contribution in [1.82, 2.24) is 19.5 Å². The van der Waals surface area contributed by atoms with Gasteiger partial charge in [0, 0.05) is 38.2 Å². The average molecular weight is 465 g/mol. The van der Waals surface area contributed by atoms with Gasteiger partial charge in [-0.2, -0.15) is 14.4 Å². The van der Waals surface area contributed by atoms with Gasteiger partial charge < -0.3 is 9.64 Å². The highest BCUT2D eigenvalue weighted by Crippen LogP contribution is 2.34. The van der Waals surface area contributed by atoms with Crippen molar-refractivity contribution < 1.29 is 22.9 Å². The molecule has 0 saturated carbocycles. The molecule has 2 saturated heterocycles. The predicted molar refractivity (Wildman–Crippen MR) is 113 cm³/mol.